The van der Waals surface area contributed by atoms with Gasteiger partial charge < -0.3 is 19.1 Å². The molecule has 1 saturated carbocycles. The van der Waals surface area contributed by atoms with Gasteiger partial charge in [-0.15, -0.1) is 0 Å². The lowest BCUT2D eigenvalue weighted by Gasteiger charge is -2.43. The van der Waals surface area contributed by atoms with E-state index in [2.05, 4.69) is 12.1 Å². The summed E-state index contributed by atoms with van der Waals surface area (Å²) in [5, 5.41) is 0. The molecule has 1 aromatic carbocycles. The quantitative estimate of drug-likeness (QED) is 0.740. The van der Waals surface area contributed by atoms with Crippen LogP contribution in [-0.4, -0.2) is 47.5 Å². The summed E-state index contributed by atoms with van der Waals surface area (Å²) in [4.78, 5) is 14.9. The molecule has 5 nitrogen and oxygen atoms in total. The molecule has 3 fully saturated rings. The number of epoxide rings is 1. The molecule has 3 unspecified atom stereocenters. The molecule has 3 atom stereocenters. The van der Waals surface area contributed by atoms with Crippen LogP contribution in [0.4, 0.5) is 4.79 Å². The van der Waals surface area contributed by atoms with Crippen LogP contribution in [0.5, 0.6) is 5.75 Å². The largest absolute Gasteiger partial charge is 0.497 e. The van der Waals surface area contributed by atoms with Crippen LogP contribution in [0.3, 0.4) is 0 Å². The highest BCUT2D eigenvalue weighted by Crippen LogP contribution is 2.64. The minimum absolute atomic E-state index is 0.0130. The molecule has 0 N–H and O–H groups in total. The third kappa shape index (κ3) is 3.20. The topological polar surface area (TPSA) is 51.3 Å². The van der Waals surface area contributed by atoms with Crippen LogP contribution in [0.15, 0.2) is 24.3 Å². The number of hydrogen-bond donors (Lipinski definition) is 0. The van der Waals surface area contributed by atoms with Crippen LogP contribution in [0.2, 0.25) is 0 Å². The molecule has 3 aliphatic rings. The molecular formula is C22H31NO4. The molecule has 1 aliphatic carbocycles. The van der Waals surface area contributed by atoms with Gasteiger partial charge in [0.05, 0.1) is 13.2 Å². The van der Waals surface area contributed by atoms with Crippen molar-refractivity contribution in [3.05, 3.63) is 29.8 Å². The van der Waals surface area contributed by atoms with Crippen LogP contribution < -0.4 is 4.74 Å². The zero-order valence-electron chi connectivity index (χ0n) is 16.9. The van der Waals surface area contributed by atoms with Crippen molar-refractivity contribution in [2.45, 2.75) is 82.1 Å². The Kier molecular flexibility index (Phi) is 4.41. The van der Waals surface area contributed by atoms with E-state index in [9.17, 15) is 4.79 Å². The van der Waals surface area contributed by atoms with Crippen LogP contribution in [0.1, 0.15) is 58.4 Å². The van der Waals surface area contributed by atoms with Gasteiger partial charge in [0.25, 0.3) is 0 Å². The lowest BCUT2D eigenvalue weighted by atomic mass is 9.69. The number of ether oxygens (including phenoxy) is 3. The lowest BCUT2D eigenvalue weighted by Crippen LogP contribution is -2.59. The maximum absolute atomic E-state index is 13.0. The summed E-state index contributed by atoms with van der Waals surface area (Å²) in [7, 11) is 1.67. The van der Waals surface area contributed by atoms with Gasteiger partial charge in [0, 0.05) is 6.54 Å². The normalized spacial score (nSPS) is 32.3. The summed E-state index contributed by atoms with van der Waals surface area (Å²) in [6.07, 6.45) is 6.04. The Morgan fingerprint density at radius 3 is 2.56 bits per heavy atom. The highest BCUT2D eigenvalue weighted by molar-refractivity contribution is 5.69. The first-order valence-electron chi connectivity index (χ1n) is 10.1. The Bertz CT molecular complexity index is 710. The average molecular weight is 373 g/mol. The van der Waals surface area contributed by atoms with E-state index in [0.717, 1.165) is 31.4 Å². The van der Waals surface area contributed by atoms with E-state index in [-0.39, 0.29) is 23.3 Å². The van der Waals surface area contributed by atoms with Gasteiger partial charge in [-0.05, 0) is 64.2 Å². The van der Waals surface area contributed by atoms with Crippen LogP contribution in [-0.2, 0) is 15.9 Å². The maximum Gasteiger partial charge on any atom is 0.410 e. The van der Waals surface area contributed by atoms with Gasteiger partial charge in [0.2, 0.25) is 0 Å². The Morgan fingerprint density at radius 1 is 1.19 bits per heavy atom. The van der Waals surface area contributed by atoms with Crippen molar-refractivity contribution in [2.24, 2.45) is 0 Å². The van der Waals surface area contributed by atoms with Crippen molar-refractivity contribution < 1.29 is 19.0 Å². The van der Waals surface area contributed by atoms with Crippen LogP contribution in [0, 0.1) is 0 Å². The molecule has 2 aliphatic heterocycles. The van der Waals surface area contributed by atoms with Crippen molar-refractivity contribution >= 4 is 6.09 Å². The molecular weight excluding hydrogens is 342 g/mol. The predicted molar refractivity (Wildman–Crippen MR) is 103 cm³/mol. The minimum atomic E-state index is -0.495. The van der Waals surface area contributed by atoms with Gasteiger partial charge in [0.1, 0.15) is 22.6 Å². The van der Waals surface area contributed by atoms with E-state index in [4.69, 9.17) is 14.2 Å². The second-order valence-corrected chi connectivity index (χ2v) is 9.18. The number of hydrogen-bond acceptors (Lipinski definition) is 4. The van der Waals surface area contributed by atoms with Crippen molar-refractivity contribution in [2.75, 3.05) is 13.7 Å². The number of nitrogens with zero attached hydrogens (tertiary/aromatic N) is 1. The number of likely N-dealkylation sites (tertiary alicyclic amines) is 1. The number of carbonyl (C=O) groups excluding carboxylic acids is 1. The fourth-order valence-corrected chi connectivity index (χ4v) is 5.10. The first-order valence-corrected chi connectivity index (χ1v) is 10.1. The number of carbonyl (C=O) groups is 1. The maximum atomic E-state index is 13.0. The zero-order chi connectivity index (χ0) is 19.3. The fourth-order valence-electron chi connectivity index (χ4n) is 5.10. The average Bonchev–Trinajstić information content (AvgIpc) is 3.32. The van der Waals surface area contributed by atoms with Crippen LogP contribution in [0.25, 0.3) is 0 Å². The minimum Gasteiger partial charge on any atom is -0.497 e. The molecule has 27 heavy (non-hydrogen) atoms. The molecule has 4 rings (SSSR count). The van der Waals surface area contributed by atoms with E-state index >= 15 is 0 Å². The van der Waals surface area contributed by atoms with Gasteiger partial charge >= 0.3 is 6.09 Å². The van der Waals surface area contributed by atoms with Gasteiger partial charge in [-0.2, -0.15) is 0 Å². The number of piperidine rings is 1. The first kappa shape index (κ1) is 18.6. The Morgan fingerprint density at radius 2 is 1.89 bits per heavy atom. The number of benzene rings is 1. The molecule has 2 saturated heterocycles. The second-order valence-electron chi connectivity index (χ2n) is 9.18. The molecule has 0 radical (unpaired) electrons. The summed E-state index contributed by atoms with van der Waals surface area (Å²) < 4.78 is 17.5. The molecule has 2 heterocycles. The smallest absolute Gasteiger partial charge is 0.410 e. The molecule has 0 spiro atoms. The lowest BCUT2D eigenvalue weighted by molar-refractivity contribution is -0.00113. The van der Waals surface area contributed by atoms with Crippen molar-refractivity contribution in [3.63, 3.8) is 0 Å². The summed E-state index contributed by atoms with van der Waals surface area (Å²) in [6.45, 7) is 6.47. The monoisotopic (exact) mass is 373 g/mol. The highest BCUT2D eigenvalue weighted by Gasteiger charge is 2.76. The summed E-state index contributed by atoms with van der Waals surface area (Å²) >= 11 is 0. The van der Waals surface area contributed by atoms with Crippen molar-refractivity contribution in [1.29, 1.82) is 0 Å². The van der Waals surface area contributed by atoms with Crippen LogP contribution >= 0.6 is 0 Å². The van der Waals surface area contributed by atoms with Crippen molar-refractivity contribution in [1.82, 2.24) is 4.90 Å². The fraction of sp³-hybridized carbons (Fsp3) is 0.682. The first-order chi connectivity index (χ1) is 12.8. The van der Waals surface area contributed by atoms with Crippen molar-refractivity contribution in [3.8, 4) is 5.75 Å². The van der Waals surface area contributed by atoms with Gasteiger partial charge in [0.15, 0.2) is 0 Å². The summed E-state index contributed by atoms with van der Waals surface area (Å²) in [5.41, 5.74) is 0.493. The Labute approximate surface area is 162 Å². The molecule has 0 aromatic heterocycles. The highest BCUT2D eigenvalue weighted by atomic mass is 16.6. The SMILES string of the molecule is COc1ccc(CC2N(C(=O)OC(C)(C)C)CCC34CCCCC23O4)cc1. The molecule has 148 valence electrons. The third-order valence-electron chi connectivity index (χ3n) is 6.37. The third-order valence-corrected chi connectivity index (χ3v) is 6.37. The van der Waals surface area contributed by atoms with E-state index in [0.29, 0.717) is 6.54 Å². The number of methoxy groups -OCH3 is 1. The van der Waals surface area contributed by atoms with Gasteiger partial charge in [-0.1, -0.05) is 25.0 Å². The summed E-state index contributed by atoms with van der Waals surface area (Å²) in [6, 6.07) is 8.16. The summed E-state index contributed by atoms with van der Waals surface area (Å²) in [5.74, 6) is 0.847. The Balaban J connectivity index is 1.61. The molecule has 1 aromatic rings. The molecule has 1 amide bonds. The number of rotatable bonds is 3. The van der Waals surface area contributed by atoms with E-state index in [1.807, 2.05) is 37.8 Å². The zero-order valence-corrected chi connectivity index (χ0v) is 16.9. The Hall–Kier alpha value is -1.75. The molecule has 5 heteroatoms. The van der Waals surface area contributed by atoms with Gasteiger partial charge in [-0.3, -0.25) is 0 Å². The second kappa shape index (κ2) is 6.40. The van der Waals surface area contributed by atoms with Gasteiger partial charge in [-0.25, -0.2) is 4.79 Å². The number of amides is 1. The van der Waals surface area contributed by atoms with E-state index in [1.54, 1.807) is 7.11 Å². The van der Waals surface area contributed by atoms with E-state index in [1.165, 1.54) is 18.4 Å². The molecule has 0 bridgehead atoms. The standard InChI is InChI=1S/C22H31NO4/c1-20(2,3)26-19(24)23-14-13-21-11-5-6-12-22(21,27-21)18(23)15-16-7-9-17(25-4)10-8-16/h7-10,18H,5-6,11-15H2,1-4H3. The predicted octanol–water partition coefficient (Wildman–Crippen LogP) is 4.33. The van der Waals surface area contributed by atoms with E-state index < -0.39 is 5.60 Å².